The second kappa shape index (κ2) is 7.13. The molecule has 0 aliphatic heterocycles. The van der Waals surface area contributed by atoms with Crippen LogP contribution in [0.5, 0.6) is 11.5 Å². The number of aryl methyl sites for hydroxylation is 2. The largest absolute Gasteiger partial charge is 0.454 e. The van der Waals surface area contributed by atoms with Gasteiger partial charge < -0.3 is 4.74 Å². The van der Waals surface area contributed by atoms with Crippen LogP contribution in [0.2, 0.25) is 0 Å². The zero-order chi connectivity index (χ0) is 21.6. The van der Waals surface area contributed by atoms with Gasteiger partial charge in [-0.1, -0.05) is 0 Å². The van der Waals surface area contributed by atoms with Gasteiger partial charge in [-0.15, -0.1) is 10.2 Å². The van der Waals surface area contributed by atoms with Crippen LogP contribution in [-0.4, -0.2) is 34.5 Å². The molecule has 0 saturated carbocycles. The third-order valence-electron chi connectivity index (χ3n) is 4.48. The highest BCUT2D eigenvalue weighted by Gasteiger charge is 2.18. The predicted molar refractivity (Wildman–Crippen MR) is 105 cm³/mol. The topological polar surface area (TPSA) is 86.5 Å². The van der Waals surface area contributed by atoms with E-state index in [0.717, 1.165) is 24.0 Å². The van der Waals surface area contributed by atoms with E-state index in [-0.39, 0.29) is 16.4 Å². The maximum atomic E-state index is 14.1. The van der Waals surface area contributed by atoms with E-state index in [4.69, 9.17) is 4.74 Å². The minimum atomic E-state index is -3.53. The summed E-state index contributed by atoms with van der Waals surface area (Å²) in [6.45, 7) is 3.55. The fourth-order valence-electron chi connectivity index (χ4n) is 2.97. The Hall–Kier alpha value is -3.40. The first kappa shape index (κ1) is 19.9. The first-order valence-electron chi connectivity index (χ1n) is 8.80. The molecule has 10 heteroatoms. The second-order valence-corrected chi connectivity index (χ2v) is 8.82. The van der Waals surface area contributed by atoms with E-state index in [1.807, 2.05) is 6.92 Å². The van der Waals surface area contributed by atoms with Crippen molar-refractivity contribution >= 4 is 15.5 Å². The van der Waals surface area contributed by atoms with E-state index in [9.17, 15) is 17.2 Å². The summed E-state index contributed by atoms with van der Waals surface area (Å²) in [7, 11) is -3.53. The quantitative estimate of drug-likeness (QED) is 0.488. The molecule has 0 saturated heterocycles. The number of halogens is 2. The van der Waals surface area contributed by atoms with E-state index < -0.39 is 21.5 Å². The Kier molecular flexibility index (Phi) is 4.73. The Labute approximate surface area is 170 Å². The number of fused-ring (bicyclic) bond motifs is 1. The van der Waals surface area contributed by atoms with Gasteiger partial charge in [0.2, 0.25) is 0 Å². The second-order valence-electron chi connectivity index (χ2n) is 6.80. The van der Waals surface area contributed by atoms with Crippen LogP contribution in [0.3, 0.4) is 0 Å². The van der Waals surface area contributed by atoms with E-state index in [2.05, 4.69) is 15.3 Å². The van der Waals surface area contributed by atoms with E-state index in [1.165, 1.54) is 22.7 Å². The normalized spacial score (nSPS) is 11.8. The van der Waals surface area contributed by atoms with Crippen molar-refractivity contribution in [1.29, 1.82) is 0 Å². The summed E-state index contributed by atoms with van der Waals surface area (Å²) in [6.07, 6.45) is 1.08. The lowest BCUT2D eigenvalue weighted by molar-refractivity contribution is 0.438. The van der Waals surface area contributed by atoms with Gasteiger partial charge >= 0.3 is 0 Å². The first-order chi connectivity index (χ1) is 14.1. The summed E-state index contributed by atoms with van der Waals surface area (Å²) in [5.41, 5.74) is 2.01. The molecule has 0 N–H and O–H groups in total. The monoisotopic (exact) mass is 430 g/mol. The highest BCUT2D eigenvalue weighted by Crippen LogP contribution is 2.36. The van der Waals surface area contributed by atoms with Crippen molar-refractivity contribution in [2.24, 2.45) is 0 Å². The summed E-state index contributed by atoms with van der Waals surface area (Å²) in [5, 5.41) is 12.5. The highest BCUT2D eigenvalue weighted by molar-refractivity contribution is 7.90. The first-order valence-corrected chi connectivity index (χ1v) is 10.7. The van der Waals surface area contributed by atoms with Crippen LogP contribution in [-0.2, 0) is 9.84 Å². The Morgan fingerprint density at radius 2 is 1.70 bits per heavy atom. The molecule has 154 valence electrons. The van der Waals surface area contributed by atoms with Gasteiger partial charge in [-0.2, -0.15) is 9.61 Å². The lowest BCUT2D eigenvalue weighted by Crippen LogP contribution is -2.02. The minimum Gasteiger partial charge on any atom is -0.454 e. The van der Waals surface area contributed by atoms with Gasteiger partial charge in [-0.3, -0.25) is 0 Å². The zero-order valence-corrected chi connectivity index (χ0v) is 17.0. The van der Waals surface area contributed by atoms with Gasteiger partial charge in [0, 0.05) is 17.9 Å². The van der Waals surface area contributed by atoms with Gasteiger partial charge in [0.15, 0.2) is 32.9 Å². The number of nitrogens with zero attached hydrogens (tertiary/aromatic N) is 4. The molecular formula is C20H16F2N4O3S. The maximum absolute atomic E-state index is 14.1. The number of ether oxygens (including phenoxy) is 1. The Balaban J connectivity index is 1.93. The molecule has 0 radical (unpaired) electrons. The molecule has 0 spiro atoms. The molecule has 0 unspecified atom stereocenters. The van der Waals surface area contributed by atoms with Crippen LogP contribution in [0.1, 0.15) is 11.4 Å². The van der Waals surface area contributed by atoms with E-state index >= 15 is 0 Å². The Morgan fingerprint density at radius 3 is 2.40 bits per heavy atom. The van der Waals surface area contributed by atoms with Crippen LogP contribution < -0.4 is 4.74 Å². The Morgan fingerprint density at radius 1 is 0.967 bits per heavy atom. The molecule has 2 heterocycles. The highest BCUT2D eigenvalue weighted by atomic mass is 32.2. The fourth-order valence-corrected chi connectivity index (χ4v) is 3.61. The average Bonchev–Trinajstić information content (AvgIpc) is 3.05. The van der Waals surface area contributed by atoms with Crippen LogP contribution >= 0.6 is 0 Å². The molecule has 0 amide bonds. The third kappa shape index (κ3) is 3.61. The van der Waals surface area contributed by atoms with Gasteiger partial charge in [0.1, 0.15) is 11.6 Å². The van der Waals surface area contributed by atoms with Crippen molar-refractivity contribution in [2.75, 3.05) is 6.26 Å². The molecule has 30 heavy (non-hydrogen) atoms. The molecule has 0 atom stereocenters. The molecule has 4 rings (SSSR count). The number of sulfone groups is 1. The van der Waals surface area contributed by atoms with Crippen molar-refractivity contribution in [3.8, 4) is 22.8 Å². The van der Waals surface area contributed by atoms with Gasteiger partial charge in [-0.05, 0) is 55.8 Å². The van der Waals surface area contributed by atoms with Crippen molar-refractivity contribution in [3.63, 3.8) is 0 Å². The van der Waals surface area contributed by atoms with Crippen LogP contribution in [0.15, 0.2) is 47.4 Å². The van der Waals surface area contributed by atoms with Crippen molar-refractivity contribution in [3.05, 3.63) is 65.5 Å². The summed E-state index contributed by atoms with van der Waals surface area (Å²) >= 11 is 0. The summed E-state index contributed by atoms with van der Waals surface area (Å²) in [6, 6.07) is 8.80. The van der Waals surface area contributed by atoms with Crippen LogP contribution in [0.4, 0.5) is 8.78 Å². The standard InChI is InChI=1S/C20H16F2N4O3S/c1-11-8-17(25-26-12(2)23-24-20(11)26)15-10-14(30(3,27)28)5-7-18(15)29-19-6-4-13(21)9-16(19)22/h4-10H,1-3H3. The summed E-state index contributed by atoms with van der Waals surface area (Å²) in [5.74, 6) is -1.13. The van der Waals surface area contributed by atoms with E-state index in [1.54, 1.807) is 13.0 Å². The molecule has 4 aromatic rings. The Bertz CT molecular complexity index is 1400. The predicted octanol–water partition coefficient (Wildman–Crippen LogP) is 3.88. The average molecular weight is 430 g/mol. The zero-order valence-electron chi connectivity index (χ0n) is 16.2. The SMILES string of the molecule is Cc1cc(-c2cc(S(C)(=O)=O)ccc2Oc2ccc(F)cc2F)nn2c(C)nnc12. The molecule has 0 fully saturated rings. The third-order valence-corrected chi connectivity index (χ3v) is 5.59. The molecular weight excluding hydrogens is 414 g/mol. The van der Waals surface area contributed by atoms with Gasteiger partial charge in [0.05, 0.1) is 10.6 Å². The number of aromatic nitrogens is 4. The number of benzene rings is 2. The molecule has 7 nitrogen and oxygen atoms in total. The molecule has 0 bridgehead atoms. The molecule has 0 aliphatic carbocycles. The summed E-state index contributed by atoms with van der Waals surface area (Å²) < 4.78 is 58.7. The summed E-state index contributed by atoms with van der Waals surface area (Å²) in [4.78, 5) is 0.0458. The van der Waals surface area contributed by atoms with Gasteiger partial charge in [-0.25, -0.2) is 17.2 Å². The lowest BCUT2D eigenvalue weighted by Gasteiger charge is -2.14. The maximum Gasteiger partial charge on any atom is 0.180 e. The molecule has 2 aromatic carbocycles. The smallest absolute Gasteiger partial charge is 0.180 e. The number of hydrogen-bond donors (Lipinski definition) is 0. The van der Waals surface area contributed by atoms with Crippen molar-refractivity contribution in [2.45, 2.75) is 18.7 Å². The van der Waals surface area contributed by atoms with E-state index in [0.29, 0.717) is 28.8 Å². The van der Waals surface area contributed by atoms with Gasteiger partial charge in [0.25, 0.3) is 0 Å². The van der Waals surface area contributed by atoms with Crippen molar-refractivity contribution in [1.82, 2.24) is 19.8 Å². The fraction of sp³-hybridized carbons (Fsp3) is 0.150. The number of hydrogen-bond acceptors (Lipinski definition) is 6. The lowest BCUT2D eigenvalue weighted by atomic mass is 10.1. The van der Waals surface area contributed by atoms with Crippen LogP contribution in [0.25, 0.3) is 16.9 Å². The number of rotatable bonds is 4. The molecule has 0 aliphatic rings. The van der Waals surface area contributed by atoms with Crippen LogP contribution in [0, 0.1) is 25.5 Å². The molecule has 2 aromatic heterocycles. The minimum absolute atomic E-state index is 0.0458. The van der Waals surface area contributed by atoms with Crippen molar-refractivity contribution < 1.29 is 21.9 Å².